The van der Waals surface area contributed by atoms with E-state index in [0.29, 0.717) is 21.7 Å². The Morgan fingerprint density at radius 2 is 1.89 bits per heavy atom. The maximum absolute atomic E-state index is 13.3. The first-order chi connectivity index (χ1) is 16.9. The average molecular weight is 493 g/mol. The van der Waals surface area contributed by atoms with Crippen molar-refractivity contribution in [2.75, 3.05) is 18.9 Å². The van der Waals surface area contributed by atoms with Crippen molar-refractivity contribution < 1.29 is 14.0 Å². The second-order valence-electron chi connectivity index (χ2n) is 7.96. The Balaban J connectivity index is 1.43. The molecule has 0 aliphatic carbocycles. The number of benzene rings is 2. The highest BCUT2D eigenvalue weighted by Gasteiger charge is 2.23. The Hall–Kier alpha value is -3.79. The summed E-state index contributed by atoms with van der Waals surface area (Å²) in [6.07, 6.45) is 3.83. The maximum atomic E-state index is 13.3. The van der Waals surface area contributed by atoms with Crippen LogP contribution in [0.5, 0.6) is 0 Å². The fraction of sp³-hybridized carbons (Fsp3) is 0.240. The summed E-state index contributed by atoms with van der Waals surface area (Å²) in [6, 6.07) is 13.5. The van der Waals surface area contributed by atoms with Crippen LogP contribution in [0.1, 0.15) is 19.4 Å². The lowest BCUT2D eigenvalue weighted by molar-refractivity contribution is -0.132. The molecule has 180 valence electrons. The van der Waals surface area contributed by atoms with Crippen LogP contribution in [0.25, 0.3) is 16.7 Å². The summed E-state index contributed by atoms with van der Waals surface area (Å²) in [5, 5.41) is 8.03. The molecule has 10 heteroatoms. The number of halogens is 1. The molecule has 0 radical (unpaired) electrons. The van der Waals surface area contributed by atoms with Crippen molar-refractivity contribution in [1.82, 2.24) is 24.6 Å². The van der Waals surface area contributed by atoms with Crippen LogP contribution in [0.3, 0.4) is 0 Å². The highest BCUT2D eigenvalue weighted by Crippen LogP contribution is 2.29. The van der Waals surface area contributed by atoms with Gasteiger partial charge in [0.1, 0.15) is 17.2 Å². The van der Waals surface area contributed by atoms with Gasteiger partial charge in [0.25, 0.3) is 0 Å². The summed E-state index contributed by atoms with van der Waals surface area (Å²) in [5.41, 5.74) is 3.00. The van der Waals surface area contributed by atoms with Gasteiger partial charge in [-0.3, -0.25) is 9.59 Å². The number of amides is 2. The van der Waals surface area contributed by atoms with Gasteiger partial charge in [0.2, 0.25) is 11.8 Å². The molecule has 0 spiro atoms. The second-order valence-corrected chi connectivity index (χ2v) is 9.29. The number of carbonyl (C=O) groups is 2. The molecule has 1 N–H and O–H groups in total. The summed E-state index contributed by atoms with van der Waals surface area (Å²) >= 11 is 1.27. The van der Waals surface area contributed by atoms with E-state index >= 15 is 0 Å². The van der Waals surface area contributed by atoms with E-state index < -0.39 is 5.25 Å². The van der Waals surface area contributed by atoms with E-state index in [4.69, 9.17) is 0 Å². The normalized spacial score (nSPS) is 11.9. The summed E-state index contributed by atoms with van der Waals surface area (Å²) in [6.45, 7) is 3.72. The summed E-state index contributed by atoms with van der Waals surface area (Å²) in [7, 11) is 1.60. The van der Waals surface area contributed by atoms with Gasteiger partial charge in [-0.2, -0.15) is 5.10 Å². The third-order valence-corrected chi connectivity index (χ3v) is 6.57. The molecule has 0 saturated heterocycles. The zero-order valence-corrected chi connectivity index (χ0v) is 20.4. The molecule has 4 rings (SSSR count). The van der Waals surface area contributed by atoms with E-state index in [1.807, 2.05) is 31.2 Å². The predicted octanol–water partition coefficient (Wildman–Crippen LogP) is 4.09. The van der Waals surface area contributed by atoms with E-state index in [0.717, 1.165) is 17.7 Å². The summed E-state index contributed by atoms with van der Waals surface area (Å²) in [5.74, 6) is -0.800. The number of nitrogens with zero attached hydrogens (tertiary/aromatic N) is 5. The van der Waals surface area contributed by atoms with Gasteiger partial charge in [-0.25, -0.2) is 19.0 Å². The Kier molecular flexibility index (Phi) is 7.40. The fourth-order valence-electron chi connectivity index (χ4n) is 3.65. The summed E-state index contributed by atoms with van der Waals surface area (Å²) < 4.78 is 14.9. The van der Waals surface area contributed by atoms with Crippen molar-refractivity contribution in [3.05, 3.63) is 72.4 Å². The number of aromatic nitrogens is 4. The number of hydrogen-bond acceptors (Lipinski definition) is 6. The van der Waals surface area contributed by atoms with Gasteiger partial charge < -0.3 is 10.2 Å². The minimum absolute atomic E-state index is 0.0660. The molecular weight excluding hydrogens is 467 g/mol. The van der Waals surface area contributed by atoms with Crippen LogP contribution < -0.4 is 5.32 Å². The van der Waals surface area contributed by atoms with E-state index in [2.05, 4.69) is 20.4 Å². The molecule has 0 saturated carbocycles. The van der Waals surface area contributed by atoms with Crippen molar-refractivity contribution in [2.24, 2.45) is 0 Å². The number of carbonyl (C=O) groups excluding carboxylic acids is 2. The Labute approximate surface area is 206 Å². The number of aryl methyl sites for hydroxylation is 1. The lowest BCUT2D eigenvalue weighted by Crippen LogP contribution is -2.39. The minimum Gasteiger partial charge on any atom is -0.335 e. The molecule has 1 unspecified atom stereocenters. The number of thioether (sulfide) groups is 1. The van der Waals surface area contributed by atoms with Gasteiger partial charge in [0, 0.05) is 12.7 Å². The Morgan fingerprint density at radius 1 is 1.14 bits per heavy atom. The number of anilines is 1. The number of rotatable bonds is 8. The number of fused-ring (bicyclic) bond motifs is 1. The average Bonchev–Trinajstić information content (AvgIpc) is 3.29. The smallest absolute Gasteiger partial charge is 0.243 e. The topological polar surface area (TPSA) is 93.0 Å². The lowest BCUT2D eigenvalue weighted by Gasteiger charge is -2.21. The van der Waals surface area contributed by atoms with Crippen LogP contribution in [-0.2, 0) is 16.0 Å². The van der Waals surface area contributed by atoms with Crippen LogP contribution in [0.15, 0.2) is 66.1 Å². The van der Waals surface area contributed by atoms with E-state index in [1.165, 1.54) is 35.1 Å². The highest BCUT2D eigenvalue weighted by atomic mass is 32.2. The van der Waals surface area contributed by atoms with Gasteiger partial charge in [-0.1, -0.05) is 36.9 Å². The standard InChI is InChI=1S/C25H25FN6O2S/c1-4-17-7-5-6-8-21(17)30-22(33)14-31(3)25(34)16(2)35-24-20-13-29-32(23(20)27-15-28-24)19-11-9-18(26)10-12-19/h5-13,15-16H,4,14H2,1-3H3,(H,30,33). The second kappa shape index (κ2) is 10.6. The highest BCUT2D eigenvalue weighted by molar-refractivity contribution is 8.00. The molecule has 2 aromatic heterocycles. The Morgan fingerprint density at radius 3 is 2.63 bits per heavy atom. The van der Waals surface area contributed by atoms with Crippen molar-refractivity contribution in [3.8, 4) is 5.69 Å². The van der Waals surface area contributed by atoms with Crippen molar-refractivity contribution >= 4 is 40.3 Å². The molecule has 0 aliphatic heterocycles. The number of hydrogen-bond donors (Lipinski definition) is 1. The molecule has 1 atom stereocenters. The van der Waals surface area contributed by atoms with Crippen molar-refractivity contribution in [1.29, 1.82) is 0 Å². The zero-order chi connectivity index (χ0) is 24.9. The minimum atomic E-state index is -0.497. The molecule has 2 aromatic carbocycles. The van der Waals surface area contributed by atoms with Gasteiger partial charge in [-0.05, 0) is 49.2 Å². The largest absolute Gasteiger partial charge is 0.335 e. The molecule has 2 heterocycles. The quantitative estimate of drug-likeness (QED) is 0.294. The first-order valence-electron chi connectivity index (χ1n) is 11.1. The van der Waals surface area contributed by atoms with Crippen LogP contribution in [0.4, 0.5) is 10.1 Å². The third-order valence-electron chi connectivity index (χ3n) is 5.47. The fourth-order valence-corrected chi connectivity index (χ4v) is 4.64. The molecule has 0 aliphatic rings. The molecule has 0 fully saturated rings. The number of likely N-dealkylation sites (N-methyl/N-ethyl adjacent to an activating group) is 1. The molecule has 2 amide bonds. The Bertz CT molecular complexity index is 1360. The SMILES string of the molecule is CCc1ccccc1NC(=O)CN(C)C(=O)C(C)Sc1ncnc2c1cnn2-c1ccc(F)cc1. The summed E-state index contributed by atoms with van der Waals surface area (Å²) in [4.78, 5) is 35.6. The van der Waals surface area contributed by atoms with E-state index in [-0.39, 0.29) is 24.2 Å². The number of para-hydroxylation sites is 1. The zero-order valence-electron chi connectivity index (χ0n) is 19.6. The molecule has 0 bridgehead atoms. The maximum Gasteiger partial charge on any atom is 0.243 e. The molecule has 8 nitrogen and oxygen atoms in total. The third kappa shape index (κ3) is 5.48. The van der Waals surface area contributed by atoms with Gasteiger partial charge >= 0.3 is 0 Å². The van der Waals surface area contributed by atoms with Crippen molar-refractivity contribution in [3.63, 3.8) is 0 Å². The molecular formula is C25H25FN6O2S. The van der Waals surface area contributed by atoms with Gasteiger partial charge in [0.05, 0.1) is 29.1 Å². The first kappa shape index (κ1) is 24.3. The van der Waals surface area contributed by atoms with Crippen LogP contribution in [0, 0.1) is 5.82 Å². The molecule has 4 aromatic rings. The predicted molar refractivity (Wildman–Crippen MR) is 134 cm³/mol. The van der Waals surface area contributed by atoms with Crippen LogP contribution in [0.2, 0.25) is 0 Å². The molecule has 35 heavy (non-hydrogen) atoms. The van der Waals surface area contributed by atoms with E-state index in [1.54, 1.807) is 37.0 Å². The van der Waals surface area contributed by atoms with E-state index in [9.17, 15) is 14.0 Å². The van der Waals surface area contributed by atoms with Gasteiger partial charge in [-0.15, -0.1) is 0 Å². The van der Waals surface area contributed by atoms with Crippen LogP contribution >= 0.6 is 11.8 Å². The lowest BCUT2D eigenvalue weighted by atomic mass is 10.1. The van der Waals surface area contributed by atoms with Gasteiger partial charge in [0.15, 0.2) is 5.65 Å². The number of nitrogens with one attached hydrogen (secondary N) is 1. The van der Waals surface area contributed by atoms with Crippen molar-refractivity contribution in [2.45, 2.75) is 30.5 Å². The monoisotopic (exact) mass is 492 g/mol. The van der Waals surface area contributed by atoms with Crippen LogP contribution in [-0.4, -0.2) is 55.3 Å². The first-order valence-corrected chi connectivity index (χ1v) is 12.0.